The average Bonchev–Trinajstić information content (AvgIpc) is 2.88. The molecule has 2 heteroatoms. The molecule has 104 valence electrons. The first-order valence-electron chi connectivity index (χ1n) is 7.60. The zero-order chi connectivity index (χ0) is 13.3. The van der Waals surface area contributed by atoms with Crippen LogP contribution in [0.5, 0.6) is 5.75 Å². The highest BCUT2D eigenvalue weighted by Crippen LogP contribution is 2.38. The van der Waals surface area contributed by atoms with E-state index in [9.17, 15) is 0 Å². The molecule has 0 unspecified atom stereocenters. The van der Waals surface area contributed by atoms with Crippen LogP contribution in [0.4, 0.5) is 0 Å². The van der Waals surface area contributed by atoms with Crippen molar-refractivity contribution in [2.75, 3.05) is 6.61 Å². The normalized spacial score (nSPS) is 30.1. The Morgan fingerprint density at radius 2 is 1.95 bits per heavy atom. The van der Waals surface area contributed by atoms with Gasteiger partial charge in [-0.1, -0.05) is 32.8 Å². The van der Waals surface area contributed by atoms with Crippen LogP contribution in [0.15, 0.2) is 18.2 Å². The summed E-state index contributed by atoms with van der Waals surface area (Å²) in [4.78, 5) is 0. The molecule has 3 rings (SSSR count). The second-order valence-electron chi connectivity index (χ2n) is 6.82. The standard InChI is InChI=1S/C17H25NO/c1-13-5-7-17(2,8-6-13)12-19-16-4-3-14-10-18-11-15(14)9-16/h3-4,9,13,18H,5-8,10-12H2,1-2H3. The van der Waals surface area contributed by atoms with Crippen molar-refractivity contribution in [1.82, 2.24) is 5.32 Å². The molecule has 19 heavy (non-hydrogen) atoms. The first kappa shape index (κ1) is 13.0. The number of rotatable bonds is 3. The molecule has 1 aromatic rings. The van der Waals surface area contributed by atoms with Gasteiger partial charge in [-0.25, -0.2) is 0 Å². The number of ether oxygens (including phenoxy) is 1. The summed E-state index contributed by atoms with van der Waals surface area (Å²) in [6.07, 6.45) is 5.32. The summed E-state index contributed by atoms with van der Waals surface area (Å²) < 4.78 is 6.08. The minimum atomic E-state index is 0.379. The van der Waals surface area contributed by atoms with Gasteiger partial charge in [0.25, 0.3) is 0 Å². The van der Waals surface area contributed by atoms with Crippen molar-refractivity contribution < 1.29 is 4.74 Å². The zero-order valence-electron chi connectivity index (χ0n) is 12.2. The van der Waals surface area contributed by atoms with E-state index in [4.69, 9.17) is 4.74 Å². The van der Waals surface area contributed by atoms with E-state index in [0.29, 0.717) is 5.41 Å². The van der Waals surface area contributed by atoms with E-state index < -0.39 is 0 Å². The van der Waals surface area contributed by atoms with Crippen molar-refractivity contribution in [1.29, 1.82) is 0 Å². The quantitative estimate of drug-likeness (QED) is 0.889. The van der Waals surface area contributed by atoms with Crippen LogP contribution < -0.4 is 10.1 Å². The van der Waals surface area contributed by atoms with Crippen LogP contribution >= 0.6 is 0 Å². The first-order valence-corrected chi connectivity index (χ1v) is 7.60. The molecule has 1 aliphatic heterocycles. The van der Waals surface area contributed by atoms with Crippen LogP contribution in [0.25, 0.3) is 0 Å². The van der Waals surface area contributed by atoms with Crippen molar-refractivity contribution in [3.8, 4) is 5.75 Å². The van der Waals surface area contributed by atoms with Gasteiger partial charge in [-0.05, 0) is 42.0 Å². The summed E-state index contributed by atoms with van der Waals surface area (Å²) in [7, 11) is 0. The molecule has 1 aliphatic carbocycles. The molecule has 0 spiro atoms. The molecule has 1 N–H and O–H groups in total. The van der Waals surface area contributed by atoms with Gasteiger partial charge < -0.3 is 10.1 Å². The number of fused-ring (bicyclic) bond motifs is 1. The van der Waals surface area contributed by atoms with Gasteiger partial charge in [-0.3, -0.25) is 0 Å². The Morgan fingerprint density at radius 1 is 1.21 bits per heavy atom. The smallest absolute Gasteiger partial charge is 0.119 e. The second kappa shape index (κ2) is 5.16. The largest absolute Gasteiger partial charge is 0.493 e. The molecular weight excluding hydrogens is 234 g/mol. The van der Waals surface area contributed by atoms with Crippen LogP contribution in [0.1, 0.15) is 50.7 Å². The summed E-state index contributed by atoms with van der Waals surface area (Å²) in [6, 6.07) is 6.54. The Labute approximate surface area is 116 Å². The molecule has 0 radical (unpaired) electrons. The SMILES string of the molecule is CC1CCC(C)(COc2ccc3c(c2)CNC3)CC1. The Balaban J connectivity index is 1.60. The highest BCUT2D eigenvalue weighted by molar-refractivity contribution is 5.37. The lowest BCUT2D eigenvalue weighted by Crippen LogP contribution is -2.29. The fourth-order valence-corrected chi connectivity index (χ4v) is 3.22. The lowest BCUT2D eigenvalue weighted by Gasteiger charge is -2.36. The van der Waals surface area contributed by atoms with Crippen molar-refractivity contribution in [3.05, 3.63) is 29.3 Å². The summed E-state index contributed by atoms with van der Waals surface area (Å²) >= 11 is 0. The third-order valence-electron chi connectivity index (χ3n) is 4.88. The minimum Gasteiger partial charge on any atom is -0.493 e. The molecule has 0 atom stereocenters. The third kappa shape index (κ3) is 2.94. The highest BCUT2D eigenvalue weighted by atomic mass is 16.5. The van der Waals surface area contributed by atoms with E-state index in [1.807, 2.05) is 0 Å². The van der Waals surface area contributed by atoms with E-state index in [-0.39, 0.29) is 0 Å². The fraction of sp³-hybridized carbons (Fsp3) is 0.647. The van der Waals surface area contributed by atoms with Gasteiger partial charge >= 0.3 is 0 Å². The lowest BCUT2D eigenvalue weighted by molar-refractivity contribution is 0.0981. The van der Waals surface area contributed by atoms with E-state index in [1.165, 1.54) is 36.8 Å². The third-order valence-corrected chi connectivity index (χ3v) is 4.88. The van der Waals surface area contributed by atoms with Gasteiger partial charge in [-0.15, -0.1) is 0 Å². The van der Waals surface area contributed by atoms with Crippen LogP contribution in [-0.4, -0.2) is 6.61 Å². The van der Waals surface area contributed by atoms with Crippen molar-refractivity contribution in [2.45, 2.75) is 52.6 Å². The van der Waals surface area contributed by atoms with Crippen molar-refractivity contribution in [2.24, 2.45) is 11.3 Å². The highest BCUT2D eigenvalue weighted by Gasteiger charge is 2.30. The molecule has 1 fully saturated rings. The molecule has 1 saturated carbocycles. The Hall–Kier alpha value is -1.02. The number of benzene rings is 1. The monoisotopic (exact) mass is 259 g/mol. The van der Waals surface area contributed by atoms with E-state index in [2.05, 4.69) is 37.4 Å². The molecule has 2 aliphatic rings. The molecule has 0 amide bonds. The number of nitrogens with one attached hydrogen (secondary N) is 1. The zero-order valence-corrected chi connectivity index (χ0v) is 12.2. The van der Waals surface area contributed by atoms with Gasteiger partial charge in [0.2, 0.25) is 0 Å². The molecule has 1 heterocycles. The number of hydrogen-bond acceptors (Lipinski definition) is 2. The molecule has 0 saturated heterocycles. The van der Waals surface area contributed by atoms with Crippen LogP contribution in [0.2, 0.25) is 0 Å². The van der Waals surface area contributed by atoms with Crippen molar-refractivity contribution >= 4 is 0 Å². The lowest BCUT2D eigenvalue weighted by atomic mass is 9.73. The van der Waals surface area contributed by atoms with E-state index >= 15 is 0 Å². The van der Waals surface area contributed by atoms with Crippen LogP contribution in [0, 0.1) is 11.3 Å². The van der Waals surface area contributed by atoms with Gasteiger partial charge in [-0.2, -0.15) is 0 Å². The van der Waals surface area contributed by atoms with Gasteiger partial charge in [0, 0.05) is 18.5 Å². The van der Waals surface area contributed by atoms with Crippen LogP contribution in [-0.2, 0) is 13.1 Å². The van der Waals surface area contributed by atoms with Crippen LogP contribution in [0.3, 0.4) is 0 Å². The maximum atomic E-state index is 6.08. The van der Waals surface area contributed by atoms with Gasteiger partial charge in [0.05, 0.1) is 6.61 Å². The summed E-state index contributed by atoms with van der Waals surface area (Å²) in [5, 5.41) is 3.38. The maximum absolute atomic E-state index is 6.08. The Bertz CT molecular complexity index is 447. The maximum Gasteiger partial charge on any atom is 0.119 e. The molecule has 0 aromatic heterocycles. The summed E-state index contributed by atoms with van der Waals surface area (Å²) in [5.74, 6) is 1.95. The summed E-state index contributed by atoms with van der Waals surface area (Å²) in [5.41, 5.74) is 3.20. The Morgan fingerprint density at radius 3 is 2.74 bits per heavy atom. The molecule has 0 bridgehead atoms. The minimum absolute atomic E-state index is 0.379. The van der Waals surface area contributed by atoms with E-state index in [0.717, 1.165) is 31.4 Å². The number of hydrogen-bond donors (Lipinski definition) is 1. The molecule has 1 aromatic carbocycles. The Kier molecular flexibility index (Phi) is 3.53. The second-order valence-corrected chi connectivity index (χ2v) is 6.82. The van der Waals surface area contributed by atoms with Gasteiger partial charge in [0.15, 0.2) is 0 Å². The first-order chi connectivity index (χ1) is 9.15. The summed E-state index contributed by atoms with van der Waals surface area (Å²) in [6.45, 7) is 7.61. The average molecular weight is 259 g/mol. The molecular formula is C17H25NO. The fourth-order valence-electron chi connectivity index (χ4n) is 3.22. The van der Waals surface area contributed by atoms with E-state index in [1.54, 1.807) is 0 Å². The van der Waals surface area contributed by atoms with Crippen molar-refractivity contribution in [3.63, 3.8) is 0 Å². The molecule has 2 nitrogen and oxygen atoms in total. The van der Waals surface area contributed by atoms with Gasteiger partial charge in [0.1, 0.15) is 5.75 Å². The predicted octanol–water partition coefficient (Wildman–Crippen LogP) is 3.89. The topological polar surface area (TPSA) is 21.3 Å². The predicted molar refractivity (Wildman–Crippen MR) is 78.2 cm³/mol.